The Morgan fingerprint density at radius 1 is 1.52 bits per heavy atom. The number of rotatable bonds is 4. The van der Waals surface area contributed by atoms with Crippen LogP contribution in [0.15, 0.2) is 18.2 Å². The zero-order valence-corrected chi connectivity index (χ0v) is 12.5. The molecule has 1 aromatic carbocycles. The summed E-state index contributed by atoms with van der Waals surface area (Å²) in [6.45, 7) is 6.22. The van der Waals surface area contributed by atoms with Crippen molar-refractivity contribution in [2.24, 2.45) is 5.92 Å². The van der Waals surface area contributed by atoms with E-state index in [-0.39, 0.29) is 11.6 Å². The molecule has 114 valence electrons. The van der Waals surface area contributed by atoms with Gasteiger partial charge in [0.25, 0.3) is 5.69 Å². The smallest absolute Gasteiger partial charge is 0.271 e. The van der Waals surface area contributed by atoms with Gasteiger partial charge in [0.15, 0.2) is 0 Å². The Labute approximate surface area is 124 Å². The first kappa shape index (κ1) is 15.4. The third-order valence-corrected chi connectivity index (χ3v) is 3.81. The molecule has 1 fully saturated rings. The Morgan fingerprint density at radius 2 is 2.29 bits per heavy atom. The molecular weight excluding hydrogens is 270 g/mol. The second-order valence-corrected chi connectivity index (χ2v) is 5.79. The van der Waals surface area contributed by atoms with E-state index in [1.54, 1.807) is 6.07 Å². The minimum atomic E-state index is -0.457. The fraction of sp³-hybridized carbons (Fsp3) is 0.533. The van der Waals surface area contributed by atoms with Crippen LogP contribution in [0.1, 0.15) is 25.3 Å². The number of nitro groups is 1. The van der Waals surface area contributed by atoms with Gasteiger partial charge in [-0.2, -0.15) is 0 Å². The number of piperidine rings is 1. The first-order valence-electron chi connectivity index (χ1n) is 7.23. The highest BCUT2D eigenvalue weighted by molar-refractivity contribution is 5.93. The average molecular weight is 291 g/mol. The van der Waals surface area contributed by atoms with Crippen LogP contribution >= 0.6 is 0 Å². The molecule has 6 nitrogen and oxygen atoms in total. The number of benzene rings is 1. The molecule has 1 heterocycles. The number of nitrogens with zero attached hydrogens (tertiary/aromatic N) is 2. The number of aryl methyl sites for hydroxylation is 1. The number of hydrogen-bond donors (Lipinski definition) is 1. The molecule has 2 rings (SSSR count). The molecule has 1 aromatic rings. The second-order valence-electron chi connectivity index (χ2n) is 5.79. The minimum absolute atomic E-state index is 0.0116. The molecule has 6 heteroatoms. The molecule has 1 aliphatic rings. The van der Waals surface area contributed by atoms with E-state index in [1.807, 2.05) is 6.92 Å². The Balaban J connectivity index is 1.99. The Morgan fingerprint density at radius 3 is 2.95 bits per heavy atom. The van der Waals surface area contributed by atoms with Gasteiger partial charge in [0.2, 0.25) is 5.91 Å². The van der Waals surface area contributed by atoms with Gasteiger partial charge >= 0.3 is 0 Å². The Hall–Kier alpha value is -1.95. The molecule has 0 radical (unpaired) electrons. The van der Waals surface area contributed by atoms with Gasteiger partial charge in [-0.05, 0) is 37.8 Å². The van der Waals surface area contributed by atoms with Crippen LogP contribution in [0.5, 0.6) is 0 Å². The SMILES string of the molecule is Cc1ccc([N+](=O)[O-])cc1NC(=O)CN1CCC[C@H](C)C1. The summed E-state index contributed by atoms with van der Waals surface area (Å²) in [4.78, 5) is 24.6. The van der Waals surface area contributed by atoms with Gasteiger partial charge in [-0.25, -0.2) is 0 Å². The maximum Gasteiger partial charge on any atom is 0.271 e. The van der Waals surface area contributed by atoms with Crippen LogP contribution < -0.4 is 5.32 Å². The van der Waals surface area contributed by atoms with Crippen LogP contribution in [0, 0.1) is 23.0 Å². The van der Waals surface area contributed by atoms with Gasteiger partial charge in [0, 0.05) is 18.7 Å². The molecule has 1 aliphatic heterocycles. The van der Waals surface area contributed by atoms with Gasteiger partial charge in [0.05, 0.1) is 17.2 Å². The number of non-ortho nitro benzene ring substituents is 1. The van der Waals surface area contributed by atoms with E-state index < -0.39 is 4.92 Å². The molecule has 0 aromatic heterocycles. The normalized spacial score (nSPS) is 19.2. The molecule has 1 atom stereocenters. The number of likely N-dealkylation sites (tertiary alicyclic amines) is 1. The second kappa shape index (κ2) is 6.67. The summed E-state index contributed by atoms with van der Waals surface area (Å²) in [5, 5.41) is 13.6. The van der Waals surface area contributed by atoms with Crippen molar-refractivity contribution >= 4 is 17.3 Å². The van der Waals surface area contributed by atoms with Crippen molar-refractivity contribution in [2.75, 3.05) is 25.0 Å². The van der Waals surface area contributed by atoms with E-state index in [4.69, 9.17) is 0 Å². The predicted octanol–water partition coefficient (Wildman–Crippen LogP) is 2.57. The van der Waals surface area contributed by atoms with Crippen molar-refractivity contribution < 1.29 is 9.72 Å². The lowest BCUT2D eigenvalue weighted by Gasteiger charge is -2.30. The van der Waals surface area contributed by atoms with Crippen LogP contribution in [-0.2, 0) is 4.79 Å². The lowest BCUT2D eigenvalue weighted by atomic mass is 10.0. The fourth-order valence-electron chi connectivity index (χ4n) is 2.68. The third kappa shape index (κ3) is 4.26. The number of amides is 1. The van der Waals surface area contributed by atoms with Crippen LogP contribution in [0.25, 0.3) is 0 Å². The van der Waals surface area contributed by atoms with Crippen molar-refractivity contribution in [3.63, 3.8) is 0 Å². The van der Waals surface area contributed by atoms with Crippen LogP contribution in [0.2, 0.25) is 0 Å². The quantitative estimate of drug-likeness (QED) is 0.683. The molecule has 1 saturated heterocycles. The topological polar surface area (TPSA) is 75.5 Å². The summed E-state index contributed by atoms with van der Waals surface area (Å²) in [5.41, 5.74) is 1.32. The highest BCUT2D eigenvalue weighted by Crippen LogP contribution is 2.22. The van der Waals surface area contributed by atoms with Crippen molar-refractivity contribution in [2.45, 2.75) is 26.7 Å². The molecule has 21 heavy (non-hydrogen) atoms. The fourth-order valence-corrected chi connectivity index (χ4v) is 2.68. The third-order valence-electron chi connectivity index (χ3n) is 3.81. The van der Waals surface area contributed by atoms with Crippen LogP contribution in [0.3, 0.4) is 0 Å². The summed E-state index contributed by atoms with van der Waals surface area (Å²) < 4.78 is 0. The van der Waals surface area contributed by atoms with E-state index in [9.17, 15) is 14.9 Å². The minimum Gasteiger partial charge on any atom is -0.324 e. The molecule has 0 saturated carbocycles. The molecule has 0 bridgehead atoms. The lowest BCUT2D eigenvalue weighted by molar-refractivity contribution is -0.384. The Bertz CT molecular complexity index is 545. The number of anilines is 1. The standard InChI is InChI=1S/C15H21N3O3/c1-11-4-3-7-17(9-11)10-15(19)16-14-8-13(18(20)21)6-5-12(14)2/h5-6,8,11H,3-4,7,9-10H2,1-2H3,(H,16,19)/t11-/m0/s1. The summed E-state index contributed by atoms with van der Waals surface area (Å²) in [5.74, 6) is 0.499. The average Bonchev–Trinajstić information content (AvgIpc) is 2.41. The molecule has 0 spiro atoms. The summed E-state index contributed by atoms with van der Waals surface area (Å²) in [6.07, 6.45) is 2.33. The molecular formula is C15H21N3O3. The lowest BCUT2D eigenvalue weighted by Crippen LogP contribution is -2.39. The van der Waals surface area contributed by atoms with Crippen molar-refractivity contribution in [1.29, 1.82) is 0 Å². The predicted molar refractivity (Wildman–Crippen MR) is 81.3 cm³/mol. The monoisotopic (exact) mass is 291 g/mol. The van der Waals surface area contributed by atoms with E-state index in [0.717, 1.165) is 25.1 Å². The van der Waals surface area contributed by atoms with E-state index in [2.05, 4.69) is 17.1 Å². The highest BCUT2D eigenvalue weighted by atomic mass is 16.6. The van der Waals surface area contributed by atoms with E-state index in [1.165, 1.54) is 18.6 Å². The maximum absolute atomic E-state index is 12.1. The summed E-state index contributed by atoms with van der Waals surface area (Å²) in [6, 6.07) is 4.50. The zero-order chi connectivity index (χ0) is 15.4. The van der Waals surface area contributed by atoms with E-state index in [0.29, 0.717) is 18.2 Å². The molecule has 1 N–H and O–H groups in total. The number of nitrogens with one attached hydrogen (secondary N) is 1. The number of carbonyl (C=O) groups excluding carboxylic acids is 1. The van der Waals surface area contributed by atoms with Gasteiger partial charge in [-0.3, -0.25) is 19.8 Å². The molecule has 0 aliphatic carbocycles. The zero-order valence-electron chi connectivity index (χ0n) is 12.5. The summed E-state index contributed by atoms with van der Waals surface area (Å²) in [7, 11) is 0. The van der Waals surface area contributed by atoms with Crippen LogP contribution in [0.4, 0.5) is 11.4 Å². The van der Waals surface area contributed by atoms with Gasteiger partial charge < -0.3 is 5.32 Å². The molecule has 0 unspecified atom stereocenters. The van der Waals surface area contributed by atoms with Gasteiger partial charge in [-0.15, -0.1) is 0 Å². The van der Waals surface area contributed by atoms with Gasteiger partial charge in [-0.1, -0.05) is 13.0 Å². The highest BCUT2D eigenvalue weighted by Gasteiger charge is 2.19. The molecule has 1 amide bonds. The summed E-state index contributed by atoms with van der Waals surface area (Å²) >= 11 is 0. The van der Waals surface area contributed by atoms with Crippen molar-refractivity contribution in [3.05, 3.63) is 33.9 Å². The van der Waals surface area contributed by atoms with Crippen molar-refractivity contribution in [3.8, 4) is 0 Å². The number of carbonyl (C=O) groups is 1. The first-order valence-corrected chi connectivity index (χ1v) is 7.23. The number of nitro benzene ring substituents is 1. The first-order chi connectivity index (χ1) is 9.95. The Kier molecular flexibility index (Phi) is 4.90. The van der Waals surface area contributed by atoms with E-state index >= 15 is 0 Å². The van der Waals surface area contributed by atoms with Gasteiger partial charge in [0.1, 0.15) is 0 Å². The van der Waals surface area contributed by atoms with Crippen molar-refractivity contribution in [1.82, 2.24) is 4.90 Å². The maximum atomic E-state index is 12.1. The van der Waals surface area contributed by atoms with Crippen LogP contribution in [-0.4, -0.2) is 35.4 Å². The number of hydrogen-bond acceptors (Lipinski definition) is 4. The largest absolute Gasteiger partial charge is 0.324 e.